The van der Waals surface area contributed by atoms with Gasteiger partial charge >= 0.3 is 0 Å². The molecule has 0 aliphatic heterocycles. The quantitative estimate of drug-likeness (QED) is 0.659. The highest BCUT2D eigenvalue weighted by molar-refractivity contribution is 5.93. The number of nitrogens with one attached hydrogen (secondary N) is 1. The maximum Gasteiger partial charge on any atom is 0.157 e. The molecule has 0 spiro atoms. The second-order valence-corrected chi connectivity index (χ2v) is 7.79. The van der Waals surface area contributed by atoms with Gasteiger partial charge in [-0.15, -0.1) is 0 Å². The molecule has 2 fully saturated rings. The fourth-order valence-corrected chi connectivity index (χ4v) is 3.60. The number of carbonyl (C=O) groups excluding carboxylic acids is 1. The molecule has 140 valence electrons. The Morgan fingerprint density at radius 2 is 1.74 bits per heavy atom. The molecule has 0 aromatic heterocycles. The van der Waals surface area contributed by atoms with Crippen molar-refractivity contribution in [3.05, 3.63) is 76.9 Å². The molecular formula is C24H27NO2. The second-order valence-electron chi connectivity index (χ2n) is 7.79. The zero-order valence-electron chi connectivity index (χ0n) is 15.6. The summed E-state index contributed by atoms with van der Waals surface area (Å²) >= 11 is 0. The number of hydrogen-bond acceptors (Lipinski definition) is 3. The van der Waals surface area contributed by atoms with E-state index in [1.165, 1.54) is 42.0 Å². The largest absolute Gasteiger partial charge is 0.396 e. The lowest BCUT2D eigenvalue weighted by molar-refractivity contribution is -0.115. The predicted octanol–water partition coefficient (Wildman–Crippen LogP) is 4.17. The minimum Gasteiger partial charge on any atom is -0.396 e. The Balaban J connectivity index is 1.24. The monoisotopic (exact) mass is 361 g/mol. The summed E-state index contributed by atoms with van der Waals surface area (Å²) in [5.74, 6) is 1.43. The summed E-state index contributed by atoms with van der Waals surface area (Å²) < 4.78 is 0. The molecule has 2 saturated carbocycles. The van der Waals surface area contributed by atoms with Crippen LogP contribution in [0.2, 0.25) is 0 Å². The number of rotatable bonds is 9. The number of hydrogen-bond donors (Lipinski definition) is 2. The van der Waals surface area contributed by atoms with Crippen LogP contribution in [0.4, 0.5) is 0 Å². The number of aliphatic hydroxyl groups is 1. The third-order valence-electron chi connectivity index (χ3n) is 5.57. The Morgan fingerprint density at radius 1 is 1.04 bits per heavy atom. The van der Waals surface area contributed by atoms with E-state index in [1.54, 1.807) is 6.08 Å². The van der Waals surface area contributed by atoms with Gasteiger partial charge in [0.2, 0.25) is 0 Å². The van der Waals surface area contributed by atoms with Gasteiger partial charge in [0.25, 0.3) is 0 Å². The van der Waals surface area contributed by atoms with Gasteiger partial charge in [0.05, 0.1) is 6.61 Å². The maximum absolute atomic E-state index is 11.4. The molecule has 2 aromatic rings. The molecule has 0 bridgehead atoms. The fourth-order valence-electron chi connectivity index (χ4n) is 3.60. The molecule has 2 atom stereocenters. The lowest BCUT2D eigenvalue weighted by atomic mass is 10.1. The second kappa shape index (κ2) is 8.20. The van der Waals surface area contributed by atoms with Crippen molar-refractivity contribution in [1.29, 1.82) is 0 Å². The zero-order chi connectivity index (χ0) is 18.6. The first-order chi connectivity index (χ1) is 13.2. The van der Waals surface area contributed by atoms with Gasteiger partial charge in [-0.1, -0.05) is 54.6 Å². The molecule has 2 aliphatic rings. The van der Waals surface area contributed by atoms with Crippen LogP contribution in [0.25, 0.3) is 6.08 Å². The highest BCUT2D eigenvalue weighted by Gasteiger charge is 2.37. The van der Waals surface area contributed by atoms with Gasteiger partial charge in [0.15, 0.2) is 5.78 Å². The van der Waals surface area contributed by atoms with Gasteiger partial charge in [-0.25, -0.2) is 0 Å². The van der Waals surface area contributed by atoms with Crippen LogP contribution in [0.5, 0.6) is 0 Å². The van der Waals surface area contributed by atoms with Crippen molar-refractivity contribution in [3.63, 3.8) is 0 Å². The van der Waals surface area contributed by atoms with Crippen molar-refractivity contribution in [1.82, 2.24) is 5.32 Å². The summed E-state index contributed by atoms with van der Waals surface area (Å²) in [7, 11) is 0. The highest BCUT2D eigenvalue weighted by atomic mass is 16.3. The molecule has 4 rings (SSSR count). The van der Waals surface area contributed by atoms with Crippen LogP contribution in [0, 0.1) is 0 Å². The maximum atomic E-state index is 11.4. The lowest BCUT2D eigenvalue weighted by Crippen LogP contribution is -2.17. The van der Waals surface area contributed by atoms with Crippen molar-refractivity contribution < 1.29 is 9.90 Å². The van der Waals surface area contributed by atoms with Crippen LogP contribution in [-0.4, -0.2) is 23.5 Å². The first-order valence-corrected chi connectivity index (χ1v) is 9.97. The van der Waals surface area contributed by atoms with Crippen LogP contribution in [0.15, 0.2) is 54.6 Å². The number of aliphatic hydroxyl groups excluding tert-OH is 1. The van der Waals surface area contributed by atoms with Gasteiger partial charge in [-0.05, 0) is 53.5 Å². The van der Waals surface area contributed by atoms with Crippen LogP contribution in [-0.2, 0) is 11.3 Å². The number of benzene rings is 2. The fraction of sp³-hybridized carbons (Fsp3) is 0.375. The van der Waals surface area contributed by atoms with Crippen molar-refractivity contribution >= 4 is 11.9 Å². The number of ketones is 1. The van der Waals surface area contributed by atoms with Crippen molar-refractivity contribution in [2.75, 3.05) is 6.61 Å². The molecule has 0 heterocycles. The first-order valence-electron chi connectivity index (χ1n) is 9.97. The molecule has 2 aromatic carbocycles. The molecule has 0 amide bonds. The van der Waals surface area contributed by atoms with E-state index < -0.39 is 0 Å². The van der Waals surface area contributed by atoms with E-state index in [0.29, 0.717) is 12.0 Å². The molecule has 2 aliphatic carbocycles. The van der Waals surface area contributed by atoms with E-state index in [9.17, 15) is 4.79 Å². The van der Waals surface area contributed by atoms with Crippen molar-refractivity contribution in [2.45, 2.75) is 50.1 Å². The SMILES string of the molecule is O=C(/C=C/c1ccc(CNC2CC2c2ccc(C3CC3)cc2)cc1)CCO. The zero-order valence-corrected chi connectivity index (χ0v) is 15.6. The van der Waals surface area contributed by atoms with Crippen molar-refractivity contribution in [3.8, 4) is 0 Å². The smallest absolute Gasteiger partial charge is 0.157 e. The van der Waals surface area contributed by atoms with E-state index in [2.05, 4.69) is 41.7 Å². The van der Waals surface area contributed by atoms with Gasteiger partial charge in [0.1, 0.15) is 0 Å². The molecule has 3 heteroatoms. The van der Waals surface area contributed by atoms with Crippen molar-refractivity contribution in [2.24, 2.45) is 0 Å². The average molecular weight is 361 g/mol. The minimum atomic E-state index is -0.0966. The Morgan fingerprint density at radius 3 is 2.41 bits per heavy atom. The Bertz CT molecular complexity index is 803. The summed E-state index contributed by atoms with van der Waals surface area (Å²) in [5.41, 5.74) is 5.23. The molecule has 3 nitrogen and oxygen atoms in total. The van der Waals surface area contributed by atoms with Crippen LogP contribution < -0.4 is 5.32 Å². The minimum absolute atomic E-state index is 0.0480. The van der Waals surface area contributed by atoms with Gasteiger partial charge in [0, 0.05) is 24.9 Å². The first kappa shape index (κ1) is 18.1. The standard InChI is InChI=1S/C24H27NO2/c26-14-13-22(27)12-5-17-1-3-18(4-2-17)16-25-24-15-23(24)21-10-8-20(9-11-21)19-6-7-19/h1-5,8-12,19,23-26H,6-7,13-16H2/b12-5+. The van der Waals surface area contributed by atoms with Gasteiger partial charge in [-0.2, -0.15) is 0 Å². The Kier molecular flexibility index (Phi) is 5.51. The lowest BCUT2D eigenvalue weighted by Gasteiger charge is -2.06. The third-order valence-corrected chi connectivity index (χ3v) is 5.57. The van der Waals surface area contributed by atoms with E-state index in [0.717, 1.165) is 18.0 Å². The molecule has 2 unspecified atom stereocenters. The van der Waals surface area contributed by atoms with E-state index in [-0.39, 0.29) is 18.8 Å². The Labute approximate surface area is 161 Å². The Hall–Kier alpha value is -2.23. The normalized spacial score (nSPS) is 21.5. The van der Waals surface area contributed by atoms with Crippen LogP contribution >= 0.6 is 0 Å². The van der Waals surface area contributed by atoms with E-state index >= 15 is 0 Å². The highest BCUT2D eigenvalue weighted by Crippen LogP contribution is 2.43. The number of carbonyl (C=O) groups is 1. The topological polar surface area (TPSA) is 49.3 Å². The summed E-state index contributed by atoms with van der Waals surface area (Å²) in [6.45, 7) is 0.773. The average Bonchev–Trinajstić information content (AvgIpc) is 3.60. The summed E-state index contributed by atoms with van der Waals surface area (Å²) in [5, 5.41) is 12.4. The van der Waals surface area contributed by atoms with Gasteiger partial charge in [-0.3, -0.25) is 4.79 Å². The summed E-state index contributed by atoms with van der Waals surface area (Å²) in [4.78, 5) is 11.4. The summed E-state index contributed by atoms with van der Waals surface area (Å²) in [6, 6.07) is 18.1. The van der Waals surface area contributed by atoms with E-state index in [1.807, 2.05) is 12.1 Å². The van der Waals surface area contributed by atoms with E-state index in [4.69, 9.17) is 5.11 Å². The number of allylic oxidation sites excluding steroid dienone is 1. The molecular weight excluding hydrogens is 334 g/mol. The molecule has 27 heavy (non-hydrogen) atoms. The van der Waals surface area contributed by atoms with Crippen LogP contribution in [0.1, 0.15) is 59.8 Å². The molecule has 0 saturated heterocycles. The third kappa shape index (κ3) is 4.94. The summed E-state index contributed by atoms with van der Waals surface area (Å²) in [6.07, 6.45) is 7.46. The predicted molar refractivity (Wildman–Crippen MR) is 109 cm³/mol. The van der Waals surface area contributed by atoms with Crippen LogP contribution in [0.3, 0.4) is 0 Å². The molecule has 0 radical (unpaired) electrons. The molecule has 2 N–H and O–H groups in total. The van der Waals surface area contributed by atoms with Gasteiger partial charge < -0.3 is 10.4 Å².